The molecule has 2 rings (SSSR count). The molecule has 0 saturated carbocycles. The smallest absolute Gasteiger partial charge is 0.262 e. The van der Waals surface area contributed by atoms with Crippen LogP contribution in [0.4, 0.5) is 0 Å². The molecule has 4 nitrogen and oxygen atoms in total. The van der Waals surface area contributed by atoms with Gasteiger partial charge in [0.25, 0.3) is 5.91 Å². The molecule has 0 atom stereocenters. The quantitative estimate of drug-likeness (QED) is 0.669. The fourth-order valence-electron chi connectivity index (χ4n) is 1.85. The number of aryl methyl sites for hydroxylation is 1. The SMILES string of the molecule is Cc1ccc(/C=C/C(=O)NNC(=O)Cc2ccc(Cl)cc2)cc1. The normalized spacial score (nSPS) is 10.5. The summed E-state index contributed by atoms with van der Waals surface area (Å²) in [7, 11) is 0. The highest BCUT2D eigenvalue weighted by Crippen LogP contribution is 2.09. The lowest BCUT2D eigenvalue weighted by Crippen LogP contribution is -2.41. The highest BCUT2D eigenvalue weighted by Gasteiger charge is 2.04. The molecule has 0 spiro atoms. The van der Waals surface area contributed by atoms with Crippen molar-refractivity contribution in [1.29, 1.82) is 0 Å². The molecule has 0 saturated heterocycles. The lowest BCUT2D eigenvalue weighted by atomic mass is 10.1. The van der Waals surface area contributed by atoms with Crippen molar-refractivity contribution < 1.29 is 9.59 Å². The van der Waals surface area contributed by atoms with Crippen LogP contribution >= 0.6 is 11.6 Å². The number of carbonyl (C=O) groups is 2. The minimum atomic E-state index is -0.393. The zero-order valence-corrected chi connectivity index (χ0v) is 13.4. The van der Waals surface area contributed by atoms with E-state index in [4.69, 9.17) is 11.6 Å². The van der Waals surface area contributed by atoms with Gasteiger partial charge in [-0.2, -0.15) is 0 Å². The van der Waals surface area contributed by atoms with Gasteiger partial charge in [-0.1, -0.05) is 53.6 Å². The predicted molar refractivity (Wildman–Crippen MR) is 91.7 cm³/mol. The van der Waals surface area contributed by atoms with Gasteiger partial charge < -0.3 is 0 Å². The van der Waals surface area contributed by atoms with E-state index < -0.39 is 5.91 Å². The second kappa shape index (κ2) is 8.15. The molecule has 0 heterocycles. The average Bonchev–Trinajstić information content (AvgIpc) is 2.54. The van der Waals surface area contributed by atoms with E-state index in [1.165, 1.54) is 6.08 Å². The van der Waals surface area contributed by atoms with Crippen LogP contribution in [0.15, 0.2) is 54.6 Å². The van der Waals surface area contributed by atoms with Crippen LogP contribution < -0.4 is 10.9 Å². The van der Waals surface area contributed by atoms with Gasteiger partial charge in [0.1, 0.15) is 0 Å². The Kier molecular flexibility index (Phi) is 5.94. The number of hydrogen-bond donors (Lipinski definition) is 2. The van der Waals surface area contributed by atoms with Crippen LogP contribution in [0.2, 0.25) is 5.02 Å². The summed E-state index contributed by atoms with van der Waals surface area (Å²) in [6, 6.07) is 14.7. The molecule has 0 aliphatic rings. The van der Waals surface area contributed by atoms with Gasteiger partial charge >= 0.3 is 0 Å². The minimum absolute atomic E-state index is 0.166. The Bertz CT molecular complexity index is 707. The third-order valence-electron chi connectivity index (χ3n) is 3.11. The summed E-state index contributed by atoms with van der Waals surface area (Å²) >= 11 is 5.78. The predicted octanol–water partition coefficient (Wildman–Crippen LogP) is 3.05. The van der Waals surface area contributed by atoms with Gasteiger partial charge in [-0.25, -0.2) is 0 Å². The molecule has 23 heavy (non-hydrogen) atoms. The molecule has 2 N–H and O–H groups in total. The zero-order valence-electron chi connectivity index (χ0n) is 12.7. The van der Waals surface area contributed by atoms with Crippen molar-refractivity contribution in [2.24, 2.45) is 0 Å². The lowest BCUT2D eigenvalue weighted by Gasteiger charge is -2.05. The van der Waals surface area contributed by atoms with Gasteiger partial charge in [0.15, 0.2) is 0 Å². The second-order valence-electron chi connectivity index (χ2n) is 5.08. The molecule has 0 aliphatic heterocycles. The van der Waals surface area contributed by atoms with E-state index in [0.29, 0.717) is 5.02 Å². The molecule has 2 aromatic rings. The fraction of sp³-hybridized carbons (Fsp3) is 0.111. The van der Waals surface area contributed by atoms with Crippen molar-refractivity contribution in [3.63, 3.8) is 0 Å². The van der Waals surface area contributed by atoms with Crippen molar-refractivity contribution in [3.8, 4) is 0 Å². The van der Waals surface area contributed by atoms with Crippen molar-refractivity contribution in [1.82, 2.24) is 10.9 Å². The Morgan fingerprint density at radius 1 is 1.00 bits per heavy atom. The summed E-state index contributed by atoms with van der Waals surface area (Å²) in [5.41, 5.74) is 7.60. The van der Waals surface area contributed by atoms with E-state index in [9.17, 15) is 9.59 Å². The van der Waals surface area contributed by atoms with Crippen LogP contribution in [0.3, 0.4) is 0 Å². The Morgan fingerprint density at radius 3 is 2.30 bits per heavy atom. The van der Waals surface area contributed by atoms with E-state index in [1.807, 2.05) is 31.2 Å². The molecule has 5 heteroatoms. The van der Waals surface area contributed by atoms with Crippen molar-refractivity contribution in [3.05, 3.63) is 76.3 Å². The maximum atomic E-state index is 11.7. The van der Waals surface area contributed by atoms with E-state index >= 15 is 0 Å². The molecule has 0 radical (unpaired) electrons. The Balaban J connectivity index is 1.78. The highest BCUT2D eigenvalue weighted by atomic mass is 35.5. The van der Waals surface area contributed by atoms with Crippen LogP contribution in [-0.4, -0.2) is 11.8 Å². The number of benzene rings is 2. The summed E-state index contributed by atoms with van der Waals surface area (Å²) < 4.78 is 0. The van der Waals surface area contributed by atoms with Crippen molar-refractivity contribution in [2.45, 2.75) is 13.3 Å². The number of hydrazine groups is 1. The van der Waals surface area contributed by atoms with Gasteiger partial charge in [-0.05, 0) is 36.3 Å². The first-order valence-corrected chi connectivity index (χ1v) is 7.49. The average molecular weight is 329 g/mol. The number of carbonyl (C=O) groups excluding carboxylic acids is 2. The molecule has 0 aliphatic carbocycles. The number of nitrogens with one attached hydrogen (secondary N) is 2. The van der Waals surface area contributed by atoms with Gasteiger partial charge in [0, 0.05) is 11.1 Å². The van der Waals surface area contributed by atoms with E-state index in [-0.39, 0.29) is 12.3 Å². The van der Waals surface area contributed by atoms with Gasteiger partial charge in [0.2, 0.25) is 5.91 Å². The van der Waals surface area contributed by atoms with Crippen LogP contribution in [-0.2, 0) is 16.0 Å². The summed E-state index contributed by atoms with van der Waals surface area (Å²) in [4.78, 5) is 23.4. The summed E-state index contributed by atoms with van der Waals surface area (Å²) in [5, 5.41) is 0.615. The monoisotopic (exact) mass is 328 g/mol. The van der Waals surface area contributed by atoms with E-state index in [1.54, 1.807) is 30.3 Å². The fourth-order valence-corrected chi connectivity index (χ4v) is 1.98. The molecule has 2 aromatic carbocycles. The lowest BCUT2D eigenvalue weighted by molar-refractivity contribution is -0.126. The topological polar surface area (TPSA) is 58.2 Å². The molecular weight excluding hydrogens is 312 g/mol. The first kappa shape index (κ1) is 16.8. The maximum Gasteiger partial charge on any atom is 0.262 e. The molecule has 118 valence electrons. The summed E-state index contributed by atoms with van der Waals surface area (Å²) in [6.45, 7) is 2.00. The Hall–Kier alpha value is -2.59. The number of hydrogen-bond acceptors (Lipinski definition) is 2. The molecule has 0 aromatic heterocycles. The first-order chi connectivity index (χ1) is 11.0. The largest absolute Gasteiger partial charge is 0.273 e. The minimum Gasteiger partial charge on any atom is -0.273 e. The first-order valence-electron chi connectivity index (χ1n) is 7.11. The van der Waals surface area contributed by atoms with E-state index in [0.717, 1.165) is 16.7 Å². The Labute approximate surface area is 140 Å². The third-order valence-corrected chi connectivity index (χ3v) is 3.36. The summed E-state index contributed by atoms with van der Waals surface area (Å²) in [5.74, 6) is -0.695. The maximum absolute atomic E-state index is 11.7. The molecule has 0 bridgehead atoms. The van der Waals surface area contributed by atoms with Crippen LogP contribution in [0, 0.1) is 6.92 Å². The number of amides is 2. The highest BCUT2D eigenvalue weighted by molar-refractivity contribution is 6.30. The Morgan fingerprint density at radius 2 is 1.65 bits per heavy atom. The number of halogens is 1. The standard InChI is InChI=1S/C18H17ClN2O2/c1-13-2-4-14(5-3-13)8-11-17(22)20-21-18(23)12-15-6-9-16(19)10-7-15/h2-11H,12H2,1H3,(H,20,22)(H,21,23)/b11-8+. The van der Waals surface area contributed by atoms with Gasteiger partial charge in [-0.3, -0.25) is 20.4 Å². The molecular formula is C18H17ClN2O2. The van der Waals surface area contributed by atoms with Crippen LogP contribution in [0.5, 0.6) is 0 Å². The van der Waals surface area contributed by atoms with Crippen LogP contribution in [0.25, 0.3) is 6.08 Å². The van der Waals surface area contributed by atoms with E-state index in [2.05, 4.69) is 10.9 Å². The number of rotatable bonds is 4. The molecule has 2 amide bonds. The summed E-state index contributed by atoms with van der Waals surface area (Å²) in [6.07, 6.45) is 3.21. The molecule has 0 unspecified atom stereocenters. The van der Waals surface area contributed by atoms with Crippen molar-refractivity contribution in [2.75, 3.05) is 0 Å². The third kappa shape index (κ3) is 5.96. The van der Waals surface area contributed by atoms with Gasteiger partial charge in [-0.15, -0.1) is 0 Å². The molecule has 0 fully saturated rings. The van der Waals surface area contributed by atoms with Gasteiger partial charge in [0.05, 0.1) is 6.42 Å². The second-order valence-corrected chi connectivity index (χ2v) is 5.52. The van der Waals surface area contributed by atoms with Crippen molar-refractivity contribution >= 4 is 29.5 Å². The van der Waals surface area contributed by atoms with Crippen LogP contribution in [0.1, 0.15) is 16.7 Å². The zero-order chi connectivity index (χ0) is 16.7.